The molecule has 0 bridgehead atoms. The molecule has 1 amide bonds. The molecule has 162 valence electrons. The maximum Gasteiger partial charge on any atom is 0.251 e. The maximum atomic E-state index is 12.6. The fourth-order valence-corrected chi connectivity index (χ4v) is 4.37. The molecule has 1 heterocycles. The van der Waals surface area contributed by atoms with Gasteiger partial charge in [-0.25, -0.2) is 12.7 Å². The summed E-state index contributed by atoms with van der Waals surface area (Å²) in [6.45, 7) is 5.87. The highest BCUT2D eigenvalue weighted by atomic mass is 32.2. The van der Waals surface area contributed by atoms with Gasteiger partial charge >= 0.3 is 0 Å². The van der Waals surface area contributed by atoms with E-state index in [1.807, 2.05) is 12.1 Å². The van der Waals surface area contributed by atoms with Crippen LogP contribution in [-0.4, -0.2) is 63.4 Å². The molecule has 30 heavy (non-hydrogen) atoms. The van der Waals surface area contributed by atoms with Crippen molar-refractivity contribution in [3.05, 3.63) is 65.2 Å². The normalized spacial score (nSPS) is 17.8. The summed E-state index contributed by atoms with van der Waals surface area (Å²) in [4.78, 5) is 15.0. The van der Waals surface area contributed by atoms with Crippen molar-refractivity contribution in [2.75, 3.05) is 33.8 Å². The lowest BCUT2D eigenvalue weighted by atomic mass is 10.1. The molecule has 2 aromatic rings. The molecule has 0 aliphatic carbocycles. The second kappa shape index (κ2) is 9.70. The van der Waals surface area contributed by atoms with E-state index in [9.17, 15) is 13.2 Å². The second-order valence-corrected chi connectivity index (χ2v) is 9.89. The van der Waals surface area contributed by atoms with Crippen LogP contribution in [0.25, 0.3) is 0 Å². The van der Waals surface area contributed by atoms with Gasteiger partial charge in [0.2, 0.25) is 10.0 Å². The first-order chi connectivity index (χ1) is 14.3. The lowest BCUT2D eigenvalue weighted by molar-refractivity contribution is -0.0212. The summed E-state index contributed by atoms with van der Waals surface area (Å²) >= 11 is 0. The second-order valence-electron chi connectivity index (χ2n) is 7.73. The Kier molecular flexibility index (Phi) is 7.25. The van der Waals surface area contributed by atoms with E-state index in [1.165, 1.54) is 31.8 Å². The first-order valence-electron chi connectivity index (χ1n) is 9.98. The molecule has 2 aromatic carbocycles. The molecule has 0 aromatic heterocycles. The van der Waals surface area contributed by atoms with E-state index in [-0.39, 0.29) is 16.9 Å². The summed E-state index contributed by atoms with van der Waals surface area (Å²) in [5.74, 6) is -0.307. The Labute approximate surface area is 178 Å². The Morgan fingerprint density at radius 2 is 1.90 bits per heavy atom. The predicted octanol–water partition coefficient (Wildman–Crippen LogP) is 2.09. The number of sulfonamides is 1. The molecule has 1 unspecified atom stereocenters. The number of nitrogens with one attached hydrogen (secondary N) is 1. The molecule has 1 aliphatic heterocycles. The Morgan fingerprint density at radius 1 is 1.17 bits per heavy atom. The summed E-state index contributed by atoms with van der Waals surface area (Å²) in [6.07, 6.45) is 0.244. The molecule has 0 saturated carbocycles. The summed E-state index contributed by atoms with van der Waals surface area (Å²) in [5, 5.41) is 2.88. The smallest absolute Gasteiger partial charge is 0.251 e. The van der Waals surface area contributed by atoms with E-state index in [4.69, 9.17) is 4.74 Å². The zero-order chi connectivity index (χ0) is 21.7. The van der Waals surface area contributed by atoms with Gasteiger partial charge in [-0.15, -0.1) is 0 Å². The van der Waals surface area contributed by atoms with E-state index in [2.05, 4.69) is 29.3 Å². The predicted molar refractivity (Wildman–Crippen MR) is 116 cm³/mol. The SMILES string of the molecule is CC1CN(Cc2cccc(CNC(=O)c3cccc(S(=O)(=O)N(C)C)c3)c2)CCO1. The highest BCUT2D eigenvalue weighted by Crippen LogP contribution is 2.16. The first-order valence-corrected chi connectivity index (χ1v) is 11.4. The van der Waals surface area contributed by atoms with Crippen LogP contribution in [0.4, 0.5) is 0 Å². The van der Waals surface area contributed by atoms with Gasteiger partial charge in [0, 0.05) is 45.8 Å². The van der Waals surface area contributed by atoms with Crippen molar-refractivity contribution in [1.29, 1.82) is 0 Å². The highest BCUT2D eigenvalue weighted by Gasteiger charge is 2.19. The van der Waals surface area contributed by atoms with Crippen molar-refractivity contribution in [1.82, 2.24) is 14.5 Å². The Hall–Kier alpha value is -2.26. The van der Waals surface area contributed by atoms with E-state index in [1.54, 1.807) is 12.1 Å². The van der Waals surface area contributed by atoms with Crippen LogP contribution in [0, 0.1) is 0 Å². The molecular formula is C22H29N3O4S. The van der Waals surface area contributed by atoms with Crippen LogP contribution in [-0.2, 0) is 27.8 Å². The third-order valence-electron chi connectivity index (χ3n) is 5.05. The van der Waals surface area contributed by atoms with Gasteiger partial charge < -0.3 is 10.1 Å². The molecule has 3 rings (SSSR count). The number of rotatable bonds is 7. The van der Waals surface area contributed by atoms with E-state index in [0.717, 1.165) is 36.1 Å². The third kappa shape index (κ3) is 5.66. The molecule has 0 radical (unpaired) electrons. The monoisotopic (exact) mass is 431 g/mol. The van der Waals surface area contributed by atoms with Crippen molar-refractivity contribution in [2.24, 2.45) is 0 Å². The van der Waals surface area contributed by atoms with Gasteiger partial charge in [0.15, 0.2) is 0 Å². The topological polar surface area (TPSA) is 79.0 Å². The lowest BCUT2D eigenvalue weighted by Crippen LogP contribution is -2.40. The van der Waals surface area contributed by atoms with Gasteiger partial charge in [0.05, 0.1) is 17.6 Å². The van der Waals surface area contributed by atoms with E-state index in [0.29, 0.717) is 12.1 Å². The van der Waals surface area contributed by atoms with Crippen molar-refractivity contribution < 1.29 is 17.9 Å². The third-order valence-corrected chi connectivity index (χ3v) is 6.86. The Balaban J connectivity index is 1.62. The number of carbonyl (C=O) groups excluding carboxylic acids is 1. The van der Waals surface area contributed by atoms with Crippen molar-refractivity contribution >= 4 is 15.9 Å². The average Bonchev–Trinajstić information content (AvgIpc) is 2.72. The number of morpholine rings is 1. The number of benzene rings is 2. The fourth-order valence-electron chi connectivity index (χ4n) is 3.42. The molecule has 1 aliphatic rings. The number of hydrogen-bond donors (Lipinski definition) is 1. The molecule has 7 nitrogen and oxygen atoms in total. The minimum Gasteiger partial charge on any atom is -0.376 e. The number of nitrogens with zero attached hydrogens (tertiary/aromatic N) is 2. The molecule has 0 spiro atoms. The van der Waals surface area contributed by atoms with Gasteiger partial charge in [0.25, 0.3) is 5.91 Å². The van der Waals surface area contributed by atoms with Crippen molar-refractivity contribution in [2.45, 2.75) is 31.0 Å². The highest BCUT2D eigenvalue weighted by molar-refractivity contribution is 7.89. The Morgan fingerprint density at radius 3 is 2.63 bits per heavy atom. The largest absolute Gasteiger partial charge is 0.376 e. The molecule has 8 heteroatoms. The number of carbonyl (C=O) groups is 1. The Bertz CT molecular complexity index is 991. The summed E-state index contributed by atoms with van der Waals surface area (Å²) in [6, 6.07) is 14.2. The standard InChI is InChI=1S/C22H29N3O4S/c1-17-15-25(10-11-29-17)16-19-7-4-6-18(12-19)14-23-22(26)20-8-5-9-21(13-20)30(27,28)24(2)3/h4-9,12-13,17H,10-11,14-16H2,1-3H3,(H,23,26). The average molecular weight is 432 g/mol. The lowest BCUT2D eigenvalue weighted by Gasteiger charge is -2.31. The maximum absolute atomic E-state index is 12.6. The van der Waals surface area contributed by atoms with Crippen LogP contribution in [0.2, 0.25) is 0 Å². The van der Waals surface area contributed by atoms with Gasteiger partial charge in [-0.1, -0.05) is 30.3 Å². The van der Waals surface area contributed by atoms with Crippen LogP contribution in [0.3, 0.4) is 0 Å². The number of amides is 1. The van der Waals surface area contributed by atoms with Gasteiger partial charge in [-0.3, -0.25) is 9.69 Å². The summed E-state index contributed by atoms with van der Waals surface area (Å²) < 4.78 is 31.3. The number of hydrogen-bond acceptors (Lipinski definition) is 5. The molecule has 1 N–H and O–H groups in total. The minimum atomic E-state index is -3.58. The zero-order valence-electron chi connectivity index (χ0n) is 17.7. The van der Waals surface area contributed by atoms with E-state index < -0.39 is 10.0 Å². The summed E-state index contributed by atoms with van der Waals surface area (Å²) in [5.41, 5.74) is 2.51. The van der Waals surface area contributed by atoms with Crippen LogP contribution in [0.5, 0.6) is 0 Å². The fraction of sp³-hybridized carbons (Fsp3) is 0.409. The quantitative estimate of drug-likeness (QED) is 0.726. The van der Waals surface area contributed by atoms with Gasteiger partial charge in [0.1, 0.15) is 0 Å². The van der Waals surface area contributed by atoms with Crippen LogP contribution in [0.15, 0.2) is 53.4 Å². The zero-order valence-corrected chi connectivity index (χ0v) is 18.5. The molecular weight excluding hydrogens is 402 g/mol. The number of ether oxygens (including phenoxy) is 1. The van der Waals surface area contributed by atoms with Gasteiger partial charge in [-0.2, -0.15) is 0 Å². The molecule has 1 atom stereocenters. The van der Waals surface area contributed by atoms with Crippen molar-refractivity contribution in [3.8, 4) is 0 Å². The molecule has 1 fully saturated rings. The van der Waals surface area contributed by atoms with Gasteiger partial charge in [-0.05, 0) is 36.2 Å². The van der Waals surface area contributed by atoms with Crippen LogP contribution < -0.4 is 5.32 Å². The summed E-state index contributed by atoms with van der Waals surface area (Å²) in [7, 11) is -0.654. The van der Waals surface area contributed by atoms with Crippen LogP contribution in [0.1, 0.15) is 28.4 Å². The molecule has 1 saturated heterocycles. The first kappa shape index (κ1) is 22.4. The van der Waals surface area contributed by atoms with Crippen molar-refractivity contribution in [3.63, 3.8) is 0 Å². The van der Waals surface area contributed by atoms with Crippen LogP contribution >= 0.6 is 0 Å². The minimum absolute atomic E-state index is 0.0990. The van der Waals surface area contributed by atoms with E-state index >= 15 is 0 Å².